The molecule has 1 aliphatic heterocycles. The molecule has 0 spiro atoms. The SMILES string of the molecule is CC1(O)CCOC(C)(C)C1. The van der Waals surface area contributed by atoms with Crippen LogP contribution in [-0.4, -0.2) is 22.9 Å². The summed E-state index contributed by atoms with van der Waals surface area (Å²) >= 11 is 0. The van der Waals surface area contributed by atoms with Crippen LogP contribution in [0.25, 0.3) is 0 Å². The lowest BCUT2D eigenvalue weighted by Gasteiger charge is -2.39. The van der Waals surface area contributed by atoms with Crippen molar-refractivity contribution >= 4 is 0 Å². The Balaban J connectivity index is 2.56. The monoisotopic (exact) mass is 144 g/mol. The summed E-state index contributed by atoms with van der Waals surface area (Å²) in [6, 6.07) is 0. The Bertz CT molecular complexity index is 113. The van der Waals surface area contributed by atoms with Gasteiger partial charge in [-0.2, -0.15) is 0 Å². The normalized spacial score (nSPS) is 39.6. The van der Waals surface area contributed by atoms with Crippen molar-refractivity contribution in [1.82, 2.24) is 0 Å². The number of aliphatic hydroxyl groups is 1. The van der Waals surface area contributed by atoms with Gasteiger partial charge in [0.15, 0.2) is 0 Å². The van der Waals surface area contributed by atoms with Gasteiger partial charge in [-0.25, -0.2) is 0 Å². The zero-order valence-corrected chi connectivity index (χ0v) is 6.98. The molecule has 0 amide bonds. The van der Waals surface area contributed by atoms with Crippen molar-refractivity contribution in [2.45, 2.75) is 44.8 Å². The van der Waals surface area contributed by atoms with Gasteiger partial charge in [0.1, 0.15) is 0 Å². The maximum absolute atomic E-state index is 9.63. The number of rotatable bonds is 0. The third-order valence-electron chi connectivity index (χ3n) is 1.94. The largest absolute Gasteiger partial charge is 0.390 e. The molecule has 2 nitrogen and oxygen atoms in total. The van der Waals surface area contributed by atoms with Crippen molar-refractivity contribution in [1.29, 1.82) is 0 Å². The van der Waals surface area contributed by atoms with E-state index in [2.05, 4.69) is 0 Å². The second-order valence-corrected chi connectivity index (χ2v) is 4.03. The van der Waals surface area contributed by atoms with E-state index in [1.165, 1.54) is 0 Å². The van der Waals surface area contributed by atoms with E-state index in [1.54, 1.807) is 0 Å². The molecular weight excluding hydrogens is 128 g/mol. The van der Waals surface area contributed by atoms with Crippen LogP contribution in [-0.2, 0) is 4.74 Å². The summed E-state index contributed by atoms with van der Waals surface area (Å²) in [7, 11) is 0. The summed E-state index contributed by atoms with van der Waals surface area (Å²) in [6.07, 6.45) is 1.50. The van der Waals surface area contributed by atoms with Crippen LogP contribution in [0.1, 0.15) is 33.6 Å². The van der Waals surface area contributed by atoms with E-state index >= 15 is 0 Å². The van der Waals surface area contributed by atoms with Gasteiger partial charge < -0.3 is 9.84 Å². The van der Waals surface area contributed by atoms with Gasteiger partial charge in [0.25, 0.3) is 0 Å². The summed E-state index contributed by atoms with van der Waals surface area (Å²) in [5, 5.41) is 9.63. The van der Waals surface area contributed by atoms with E-state index in [0.717, 1.165) is 12.8 Å². The third-order valence-corrected chi connectivity index (χ3v) is 1.94. The highest BCUT2D eigenvalue weighted by Gasteiger charge is 2.35. The maximum Gasteiger partial charge on any atom is 0.0668 e. The predicted molar refractivity (Wildman–Crippen MR) is 39.9 cm³/mol. The molecule has 10 heavy (non-hydrogen) atoms. The molecule has 0 aromatic carbocycles. The van der Waals surface area contributed by atoms with E-state index < -0.39 is 5.60 Å². The van der Waals surface area contributed by atoms with Gasteiger partial charge in [-0.15, -0.1) is 0 Å². The van der Waals surface area contributed by atoms with Crippen LogP contribution >= 0.6 is 0 Å². The Morgan fingerprint density at radius 2 is 1.90 bits per heavy atom. The second kappa shape index (κ2) is 2.21. The first kappa shape index (κ1) is 8.02. The summed E-state index contributed by atoms with van der Waals surface area (Å²) in [6.45, 7) is 6.58. The molecule has 1 saturated heterocycles. The van der Waals surface area contributed by atoms with Crippen LogP contribution in [0.5, 0.6) is 0 Å². The molecule has 0 aromatic rings. The quantitative estimate of drug-likeness (QED) is 0.555. The van der Waals surface area contributed by atoms with Gasteiger partial charge in [-0.3, -0.25) is 0 Å². The summed E-state index contributed by atoms with van der Waals surface area (Å²) in [4.78, 5) is 0. The molecule has 1 atom stereocenters. The average molecular weight is 144 g/mol. The van der Waals surface area contributed by atoms with Crippen LogP contribution in [0.15, 0.2) is 0 Å². The van der Waals surface area contributed by atoms with Gasteiger partial charge in [0.2, 0.25) is 0 Å². The van der Waals surface area contributed by atoms with Gasteiger partial charge in [0.05, 0.1) is 17.8 Å². The lowest BCUT2D eigenvalue weighted by molar-refractivity contribution is -0.136. The topological polar surface area (TPSA) is 29.5 Å². The molecule has 1 fully saturated rings. The van der Waals surface area contributed by atoms with Crippen LogP contribution in [0.4, 0.5) is 0 Å². The molecule has 0 radical (unpaired) electrons. The molecule has 1 rings (SSSR count). The Labute approximate surface area is 62.2 Å². The third kappa shape index (κ3) is 1.96. The van der Waals surface area contributed by atoms with Gasteiger partial charge in [0, 0.05) is 6.42 Å². The van der Waals surface area contributed by atoms with Crippen LogP contribution in [0.3, 0.4) is 0 Å². The minimum Gasteiger partial charge on any atom is -0.390 e. The summed E-state index contributed by atoms with van der Waals surface area (Å²) in [5.74, 6) is 0. The number of hydrogen-bond donors (Lipinski definition) is 1. The lowest BCUT2D eigenvalue weighted by Crippen LogP contribution is -2.43. The zero-order valence-electron chi connectivity index (χ0n) is 6.98. The minimum atomic E-state index is -0.512. The Hall–Kier alpha value is -0.0800. The van der Waals surface area contributed by atoms with E-state index in [1.807, 2.05) is 20.8 Å². The molecule has 1 unspecified atom stereocenters. The molecule has 0 bridgehead atoms. The molecule has 1 N–H and O–H groups in total. The van der Waals surface area contributed by atoms with Gasteiger partial charge in [-0.1, -0.05) is 0 Å². The molecule has 60 valence electrons. The average Bonchev–Trinajstić information content (AvgIpc) is 1.56. The molecule has 0 aromatic heterocycles. The highest BCUT2D eigenvalue weighted by atomic mass is 16.5. The first-order valence-electron chi connectivity index (χ1n) is 3.78. The van der Waals surface area contributed by atoms with Crippen molar-refractivity contribution in [3.05, 3.63) is 0 Å². The highest BCUT2D eigenvalue weighted by Crippen LogP contribution is 2.30. The molecular formula is C8H16O2. The maximum atomic E-state index is 9.63. The van der Waals surface area contributed by atoms with Crippen LogP contribution < -0.4 is 0 Å². The fourth-order valence-electron chi connectivity index (χ4n) is 1.60. The standard InChI is InChI=1S/C8H16O2/c1-7(2)6-8(3,9)4-5-10-7/h9H,4-6H2,1-3H3. The molecule has 0 aliphatic carbocycles. The van der Waals surface area contributed by atoms with Crippen LogP contribution in [0, 0.1) is 0 Å². The Kier molecular flexibility index (Phi) is 1.77. The molecule has 1 heterocycles. The fraction of sp³-hybridized carbons (Fsp3) is 1.00. The fourth-order valence-corrected chi connectivity index (χ4v) is 1.60. The predicted octanol–water partition coefficient (Wildman–Crippen LogP) is 1.33. The minimum absolute atomic E-state index is 0.137. The molecule has 1 aliphatic rings. The van der Waals surface area contributed by atoms with Crippen molar-refractivity contribution in [2.24, 2.45) is 0 Å². The first-order valence-corrected chi connectivity index (χ1v) is 3.78. The number of hydrogen-bond acceptors (Lipinski definition) is 2. The van der Waals surface area contributed by atoms with E-state index in [0.29, 0.717) is 6.61 Å². The van der Waals surface area contributed by atoms with E-state index in [9.17, 15) is 5.11 Å². The summed E-state index contributed by atoms with van der Waals surface area (Å²) < 4.78 is 5.44. The Morgan fingerprint density at radius 3 is 2.20 bits per heavy atom. The van der Waals surface area contributed by atoms with Crippen molar-refractivity contribution in [3.63, 3.8) is 0 Å². The highest BCUT2D eigenvalue weighted by molar-refractivity contribution is 4.86. The second-order valence-electron chi connectivity index (χ2n) is 4.03. The summed E-state index contributed by atoms with van der Waals surface area (Å²) in [5.41, 5.74) is -0.649. The smallest absolute Gasteiger partial charge is 0.0668 e. The number of ether oxygens (including phenoxy) is 1. The van der Waals surface area contributed by atoms with Crippen molar-refractivity contribution in [2.75, 3.05) is 6.61 Å². The van der Waals surface area contributed by atoms with Crippen molar-refractivity contribution in [3.8, 4) is 0 Å². The first-order chi connectivity index (χ1) is 4.41. The van der Waals surface area contributed by atoms with Crippen molar-refractivity contribution < 1.29 is 9.84 Å². The zero-order chi connectivity index (χ0) is 7.83. The van der Waals surface area contributed by atoms with E-state index in [-0.39, 0.29) is 5.60 Å². The molecule has 0 saturated carbocycles. The molecule has 2 heteroatoms. The Morgan fingerprint density at radius 1 is 1.30 bits per heavy atom. The van der Waals surface area contributed by atoms with Gasteiger partial charge in [-0.05, 0) is 27.2 Å². The van der Waals surface area contributed by atoms with E-state index in [4.69, 9.17) is 4.74 Å². The van der Waals surface area contributed by atoms with Crippen LogP contribution in [0.2, 0.25) is 0 Å². The lowest BCUT2D eigenvalue weighted by atomic mass is 9.86. The van der Waals surface area contributed by atoms with Gasteiger partial charge >= 0.3 is 0 Å².